The lowest BCUT2D eigenvalue weighted by atomic mass is 10.2. The number of hydrogen-bond donors (Lipinski definition) is 2. The summed E-state index contributed by atoms with van der Waals surface area (Å²) < 4.78 is 26.5. The van der Waals surface area contributed by atoms with E-state index in [0.29, 0.717) is 11.4 Å². The van der Waals surface area contributed by atoms with E-state index in [1.54, 1.807) is 0 Å². The quantitative estimate of drug-likeness (QED) is 0.807. The summed E-state index contributed by atoms with van der Waals surface area (Å²) in [5.41, 5.74) is 0.388. The number of aliphatic carboxylic acids is 1. The summed E-state index contributed by atoms with van der Waals surface area (Å²) in [4.78, 5) is 22.3. The number of anilines is 1. The molecule has 1 amide bonds. The Morgan fingerprint density at radius 3 is 2.19 bits per heavy atom. The smallest absolute Gasteiger partial charge is 0.341 e. The molecule has 0 spiro atoms. The predicted octanol–water partition coefficient (Wildman–Crippen LogP) is 0.912. The van der Waals surface area contributed by atoms with Crippen LogP contribution in [0.5, 0.6) is 5.75 Å². The number of carbonyl (C=O) groups is 2. The molecule has 8 heteroatoms. The normalized spacial score (nSPS) is 11.8. The van der Waals surface area contributed by atoms with Crippen molar-refractivity contribution in [3.63, 3.8) is 0 Å². The van der Waals surface area contributed by atoms with Crippen LogP contribution in [0, 0.1) is 0 Å². The second-order valence-corrected chi connectivity index (χ2v) is 7.51. The van der Waals surface area contributed by atoms with E-state index in [1.165, 1.54) is 38.1 Å². The van der Waals surface area contributed by atoms with Gasteiger partial charge in [-0.25, -0.2) is 13.2 Å². The molecule has 0 saturated carbocycles. The molecule has 1 aromatic carbocycles. The van der Waals surface area contributed by atoms with Crippen molar-refractivity contribution in [2.75, 3.05) is 18.2 Å². The summed E-state index contributed by atoms with van der Waals surface area (Å²) in [6, 6.07) is 5.94. The maximum Gasteiger partial charge on any atom is 0.341 e. The van der Waals surface area contributed by atoms with E-state index in [-0.39, 0.29) is 0 Å². The summed E-state index contributed by atoms with van der Waals surface area (Å²) in [7, 11) is -3.55. The van der Waals surface area contributed by atoms with Gasteiger partial charge < -0.3 is 15.2 Å². The first-order chi connectivity index (χ1) is 9.54. The molecule has 1 rings (SSSR count). The molecule has 116 valence electrons. The van der Waals surface area contributed by atoms with Crippen LogP contribution in [-0.2, 0) is 19.4 Å². The largest absolute Gasteiger partial charge is 0.482 e. The Labute approximate surface area is 122 Å². The number of carbonyl (C=O) groups excluding carboxylic acids is 1. The maximum atomic E-state index is 12.0. The zero-order chi connectivity index (χ0) is 16.3. The third-order valence-corrected chi connectivity index (χ3v) is 4.99. The van der Waals surface area contributed by atoms with Gasteiger partial charge in [0.25, 0.3) is 0 Å². The van der Waals surface area contributed by atoms with Gasteiger partial charge in [0.15, 0.2) is 16.4 Å². The van der Waals surface area contributed by atoms with E-state index in [9.17, 15) is 18.0 Å². The van der Waals surface area contributed by atoms with Crippen LogP contribution < -0.4 is 10.1 Å². The van der Waals surface area contributed by atoms with Gasteiger partial charge in [0.1, 0.15) is 10.5 Å². The third kappa shape index (κ3) is 4.45. The lowest BCUT2D eigenvalue weighted by Gasteiger charge is -2.21. The Kier molecular flexibility index (Phi) is 4.95. The number of carboxylic acids is 1. The van der Waals surface area contributed by atoms with Crippen molar-refractivity contribution >= 4 is 27.4 Å². The molecule has 0 aliphatic rings. The van der Waals surface area contributed by atoms with Crippen LogP contribution in [0.15, 0.2) is 24.3 Å². The Balaban J connectivity index is 2.76. The first-order valence-electron chi connectivity index (χ1n) is 6.00. The molecule has 0 unspecified atom stereocenters. The number of ether oxygens (including phenoxy) is 1. The van der Waals surface area contributed by atoms with Crippen molar-refractivity contribution in [1.82, 2.24) is 0 Å². The van der Waals surface area contributed by atoms with Crippen molar-refractivity contribution in [3.8, 4) is 5.75 Å². The monoisotopic (exact) mass is 315 g/mol. The lowest BCUT2D eigenvalue weighted by molar-refractivity contribution is -0.139. The number of rotatable bonds is 6. The van der Waals surface area contributed by atoms with Gasteiger partial charge in [-0.15, -0.1) is 0 Å². The maximum absolute atomic E-state index is 12.0. The van der Waals surface area contributed by atoms with Crippen LogP contribution in [-0.4, -0.2) is 43.0 Å². The molecule has 0 aliphatic heterocycles. The van der Waals surface area contributed by atoms with Crippen molar-refractivity contribution < 1.29 is 27.9 Å². The molecular weight excluding hydrogens is 298 g/mol. The summed E-state index contributed by atoms with van der Waals surface area (Å²) in [6.07, 6.45) is 0.995. The van der Waals surface area contributed by atoms with E-state index in [2.05, 4.69) is 5.32 Å². The zero-order valence-corrected chi connectivity index (χ0v) is 12.7. The minimum Gasteiger partial charge on any atom is -0.482 e. The highest BCUT2D eigenvalue weighted by Gasteiger charge is 2.38. The van der Waals surface area contributed by atoms with Gasteiger partial charge in [0, 0.05) is 11.9 Å². The van der Waals surface area contributed by atoms with Gasteiger partial charge in [-0.1, -0.05) is 0 Å². The highest BCUT2D eigenvalue weighted by atomic mass is 32.2. The Morgan fingerprint density at radius 1 is 1.24 bits per heavy atom. The first-order valence-corrected chi connectivity index (χ1v) is 7.89. The second kappa shape index (κ2) is 6.13. The van der Waals surface area contributed by atoms with Gasteiger partial charge in [0.2, 0.25) is 5.91 Å². The van der Waals surface area contributed by atoms with Crippen LogP contribution in [0.4, 0.5) is 5.69 Å². The zero-order valence-electron chi connectivity index (χ0n) is 11.9. The molecule has 2 N–H and O–H groups in total. The predicted molar refractivity (Wildman–Crippen MR) is 77.1 cm³/mol. The number of carboxylic acid groups (broad SMARTS) is 1. The molecule has 0 bridgehead atoms. The van der Waals surface area contributed by atoms with Crippen molar-refractivity contribution in [2.24, 2.45) is 0 Å². The van der Waals surface area contributed by atoms with Crippen LogP contribution in [0.2, 0.25) is 0 Å². The van der Waals surface area contributed by atoms with Gasteiger partial charge in [0.05, 0.1) is 0 Å². The average molecular weight is 315 g/mol. The number of benzene rings is 1. The fourth-order valence-corrected chi connectivity index (χ4v) is 1.62. The highest BCUT2D eigenvalue weighted by molar-refractivity contribution is 7.92. The van der Waals surface area contributed by atoms with Crippen LogP contribution in [0.25, 0.3) is 0 Å². The third-order valence-electron chi connectivity index (χ3n) is 2.95. The lowest BCUT2D eigenvalue weighted by Crippen LogP contribution is -2.43. The molecule has 0 fully saturated rings. The topological polar surface area (TPSA) is 110 Å². The molecular formula is C13H17NO6S. The van der Waals surface area contributed by atoms with Crippen molar-refractivity contribution in [3.05, 3.63) is 24.3 Å². The number of amides is 1. The first kappa shape index (κ1) is 17.0. The van der Waals surface area contributed by atoms with E-state index in [4.69, 9.17) is 9.84 Å². The van der Waals surface area contributed by atoms with Gasteiger partial charge in [-0.05, 0) is 38.1 Å². The summed E-state index contributed by atoms with van der Waals surface area (Å²) in [6.45, 7) is 2.18. The minimum atomic E-state index is -3.55. The number of sulfone groups is 1. The summed E-state index contributed by atoms with van der Waals surface area (Å²) in [5, 5.41) is 11.0. The van der Waals surface area contributed by atoms with Crippen molar-refractivity contribution in [2.45, 2.75) is 18.6 Å². The number of hydrogen-bond acceptors (Lipinski definition) is 5. The second-order valence-electron chi connectivity index (χ2n) is 4.94. The Morgan fingerprint density at radius 2 is 1.76 bits per heavy atom. The SMILES string of the molecule is CC(C)(C(=O)Nc1ccc(OCC(=O)O)cc1)S(C)(=O)=O. The van der Waals surface area contributed by atoms with Crippen molar-refractivity contribution in [1.29, 1.82) is 0 Å². The van der Waals surface area contributed by atoms with E-state index in [0.717, 1.165) is 6.26 Å². The molecule has 0 saturated heterocycles. The van der Waals surface area contributed by atoms with Crippen LogP contribution in [0.1, 0.15) is 13.8 Å². The molecule has 0 heterocycles. The minimum absolute atomic E-state index is 0.331. The molecule has 0 radical (unpaired) electrons. The standard InChI is InChI=1S/C13H17NO6S/c1-13(2,21(3,18)19)12(17)14-9-4-6-10(7-5-9)20-8-11(15)16/h4-7H,8H2,1-3H3,(H,14,17)(H,15,16). The molecule has 1 aromatic rings. The van der Waals surface area contributed by atoms with Crippen LogP contribution >= 0.6 is 0 Å². The molecule has 0 aliphatic carbocycles. The molecule has 0 atom stereocenters. The fourth-order valence-electron chi connectivity index (χ4n) is 1.23. The average Bonchev–Trinajstić information content (AvgIpc) is 2.36. The van der Waals surface area contributed by atoms with E-state index in [1.807, 2.05) is 0 Å². The van der Waals surface area contributed by atoms with Crippen LogP contribution in [0.3, 0.4) is 0 Å². The fraction of sp³-hybridized carbons (Fsp3) is 0.385. The Bertz CT molecular complexity index is 633. The van der Waals surface area contributed by atoms with E-state index >= 15 is 0 Å². The van der Waals surface area contributed by atoms with Gasteiger partial charge >= 0.3 is 5.97 Å². The summed E-state index contributed by atoms with van der Waals surface area (Å²) >= 11 is 0. The van der Waals surface area contributed by atoms with Gasteiger partial charge in [-0.2, -0.15) is 0 Å². The summed E-state index contributed by atoms with van der Waals surface area (Å²) in [5.74, 6) is -1.41. The molecule has 7 nitrogen and oxygen atoms in total. The Hall–Kier alpha value is -2.09. The van der Waals surface area contributed by atoms with Gasteiger partial charge in [-0.3, -0.25) is 4.79 Å². The molecule has 21 heavy (non-hydrogen) atoms. The highest BCUT2D eigenvalue weighted by Crippen LogP contribution is 2.20. The molecule has 0 aromatic heterocycles. The van der Waals surface area contributed by atoms with E-state index < -0.39 is 33.1 Å². The number of nitrogens with one attached hydrogen (secondary N) is 1.